The third-order valence-corrected chi connectivity index (χ3v) is 1.70. The number of rotatable bonds is 0. The van der Waals surface area contributed by atoms with Crippen molar-refractivity contribution in [1.29, 1.82) is 0 Å². The van der Waals surface area contributed by atoms with E-state index in [1.54, 1.807) is 18.5 Å². The molecule has 0 aromatic carbocycles. The lowest BCUT2D eigenvalue weighted by atomic mass is 10.7. The molecule has 6 nitrogen and oxygen atoms in total. The number of hydrogen-bond acceptors (Lipinski definition) is 6. The van der Waals surface area contributed by atoms with Crippen molar-refractivity contribution >= 4 is 36.7 Å². The third kappa shape index (κ3) is 5.20. The summed E-state index contributed by atoms with van der Waals surface area (Å²) < 4.78 is 1.34. The van der Waals surface area contributed by atoms with Crippen molar-refractivity contribution in [1.82, 2.24) is 30.4 Å². The Morgan fingerprint density at radius 2 is 1.20 bits per heavy atom. The molecule has 0 aliphatic heterocycles. The van der Waals surface area contributed by atoms with Gasteiger partial charge in [-0.3, -0.25) is 0 Å². The van der Waals surface area contributed by atoms with Gasteiger partial charge in [0.25, 0.3) is 0 Å². The molecule has 0 aliphatic carbocycles. The number of nitrogens with one attached hydrogen (secondary N) is 3. The van der Waals surface area contributed by atoms with E-state index in [1.165, 1.54) is 0 Å². The van der Waals surface area contributed by atoms with Crippen molar-refractivity contribution in [2.24, 2.45) is 0 Å². The maximum Gasteiger partial charge on any atom is 0.178 e. The van der Waals surface area contributed by atoms with E-state index < -0.39 is 0 Å². The summed E-state index contributed by atoms with van der Waals surface area (Å²) in [7, 11) is 0. The maximum atomic E-state index is 4.72. The quantitative estimate of drug-likeness (QED) is 0.624. The van der Waals surface area contributed by atoms with Gasteiger partial charge in [-0.1, -0.05) is 0 Å². The number of aromatic amines is 3. The molecule has 0 saturated carbocycles. The summed E-state index contributed by atoms with van der Waals surface area (Å²) in [5, 5.41) is 10.1. The lowest BCUT2D eigenvalue weighted by molar-refractivity contribution is 0.865. The topological polar surface area (TPSA) is 86.0 Å². The first kappa shape index (κ1) is 11.8. The van der Waals surface area contributed by atoms with Gasteiger partial charge in [-0.15, -0.1) is 10.2 Å². The molecule has 15 heavy (non-hydrogen) atoms. The molecule has 0 bridgehead atoms. The molecule has 0 spiro atoms. The highest BCUT2D eigenvalue weighted by molar-refractivity contribution is 7.72. The average Bonchev–Trinajstić information content (AvgIpc) is 2.19. The average molecular weight is 258 g/mol. The van der Waals surface area contributed by atoms with Crippen molar-refractivity contribution in [3.8, 4) is 0 Å². The standard InChI is InChI=1S/C3H3N3S3.C3H3N3/c7-1-4-2(8)6-3(9)5-1;1-2-4-6-5-3-1/h(H3,4,5,6,7,8,9);1-3H. The minimum atomic E-state index is 0.448. The summed E-state index contributed by atoms with van der Waals surface area (Å²) in [6.07, 6.45) is 3.15. The molecule has 2 heterocycles. The number of nitrogens with zero attached hydrogens (tertiary/aromatic N) is 3. The van der Waals surface area contributed by atoms with E-state index in [-0.39, 0.29) is 0 Å². The van der Waals surface area contributed by atoms with E-state index in [2.05, 4.69) is 30.4 Å². The Balaban J connectivity index is 0.000000162. The second-order valence-corrected chi connectivity index (χ2v) is 3.40. The van der Waals surface area contributed by atoms with Crippen LogP contribution in [0.3, 0.4) is 0 Å². The van der Waals surface area contributed by atoms with Crippen LogP contribution in [0.15, 0.2) is 18.5 Å². The van der Waals surface area contributed by atoms with E-state index >= 15 is 0 Å². The van der Waals surface area contributed by atoms with Gasteiger partial charge in [-0.05, 0) is 47.9 Å². The normalized spacial score (nSPS) is 8.80. The fourth-order valence-electron chi connectivity index (χ4n) is 0.608. The number of aromatic nitrogens is 6. The Morgan fingerprint density at radius 1 is 0.800 bits per heavy atom. The number of hydrogen-bond donors (Lipinski definition) is 3. The van der Waals surface area contributed by atoms with E-state index in [9.17, 15) is 0 Å². The van der Waals surface area contributed by atoms with Gasteiger partial charge < -0.3 is 15.0 Å². The molecule has 0 saturated heterocycles. The van der Waals surface area contributed by atoms with Gasteiger partial charge in [0.05, 0.1) is 12.4 Å². The minimum Gasteiger partial charge on any atom is -0.309 e. The molecule has 0 amide bonds. The molecule has 9 heteroatoms. The lowest BCUT2D eigenvalue weighted by Crippen LogP contribution is -1.86. The molecule has 2 aromatic heterocycles. The summed E-state index contributed by atoms with van der Waals surface area (Å²) in [4.78, 5) is 7.99. The molecule has 0 radical (unpaired) electrons. The lowest BCUT2D eigenvalue weighted by Gasteiger charge is -1.84. The third-order valence-electron chi connectivity index (χ3n) is 1.09. The van der Waals surface area contributed by atoms with Crippen LogP contribution in [0.2, 0.25) is 0 Å². The van der Waals surface area contributed by atoms with Crippen LogP contribution in [0.4, 0.5) is 0 Å². The van der Waals surface area contributed by atoms with E-state index in [0.29, 0.717) is 14.3 Å². The highest BCUT2D eigenvalue weighted by atomic mass is 32.1. The first-order valence-electron chi connectivity index (χ1n) is 3.70. The summed E-state index contributed by atoms with van der Waals surface area (Å²) in [5.74, 6) is 0. The highest BCUT2D eigenvalue weighted by Gasteiger charge is 1.76. The van der Waals surface area contributed by atoms with Crippen LogP contribution >= 0.6 is 36.7 Å². The summed E-state index contributed by atoms with van der Waals surface area (Å²) in [5.41, 5.74) is 0. The zero-order valence-corrected chi connectivity index (χ0v) is 9.75. The molecule has 0 fully saturated rings. The molecule has 2 rings (SSSR count). The van der Waals surface area contributed by atoms with Gasteiger partial charge in [0, 0.05) is 0 Å². The van der Waals surface area contributed by atoms with Gasteiger partial charge >= 0.3 is 0 Å². The molecule has 3 N–H and O–H groups in total. The second kappa shape index (κ2) is 6.22. The SMILES string of the molecule is S=c1[nH]c(=S)[nH]c(=S)[nH]1.c1cnnnc1. The van der Waals surface area contributed by atoms with Gasteiger partial charge in [-0.2, -0.15) is 0 Å². The molecule has 2 aromatic rings. The zero-order chi connectivity index (χ0) is 11.1. The van der Waals surface area contributed by atoms with Crippen molar-refractivity contribution in [3.63, 3.8) is 0 Å². The van der Waals surface area contributed by atoms with Gasteiger partial charge in [-0.25, -0.2) is 0 Å². The van der Waals surface area contributed by atoms with Crippen LogP contribution in [0.25, 0.3) is 0 Å². The molecule has 0 unspecified atom stereocenters. The Labute approximate surface area is 99.8 Å². The van der Waals surface area contributed by atoms with Crippen LogP contribution in [-0.4, -0.2) is 30.4 Å². The van der Waals surface area contributed by atoms with E-state index in [1.807, 2.05) is 0 Å². The molecule has 0 aliphatic rings. The Bertz CT molecular complexity index is 450. The highest BCUT2D eigenvalue weighted by Crippen LogP contribution is 1.79. The monoisotopic (exact) mass is 258 g/mol. The molecular formula is C6H6N6S3. The van der Waals surface area contributed by atoms with Crippen LogP contribution in [0, 0.1) is 14.3 Å². The van der Waals surface area contributed by atoms with Crippen molar-refractivity contribution < 1.29 is 0 Å². The minimum absolute atomic E-state index is 0.448. The summed E-state index contributed by atoms with van der Waals surface area (Å²) in [6.45, 7) is 0. The molecule has 78 valence electrons. The van der Waals surface area contributed by atoms with E-state index in [0.717, 1.165) is 0 Å². The second-order valence-electron chi connectivity index (χ2n) is 2.17. The summed E-state index contributed by atoms with van der Waals surface area (Å²) >= 11 is 14.2. The van der Waals surface area contributed by atoms with Crippen LogP contribution < -0.4 is 0 Å². The zero-order valence-electron chi connectivity index (χ0n) is 7.30. The Morgan fingerprint density at radius 3 is 1.40 bits per heavy atom. The summed E-state index contributed by atoms with van der Waals surface area (Å²) in [6, 6.07) is 1.72. The molecular weight excluding hydrogens is 252 g/mol. The van der Waals surface area contributed by atoms with Gasteiger partial charge in [0.1, 0.15) is 0 Å². The predicted octanol–water partition coefficient (Wildman–Crippen LogP) is 1.73. The van der Waals surface area contributed by atoms with Crippen molar-refractivity contribution in [2.45, 2.75) is 0 Å². The predicted molar refractivity (Wildman–Crippen MR) is 61.8 cm³/mol. The molecule has 0 atom stereocenters. The number of H-pyrrole nitrogens is 3. The van der Waals surface area contributed by atoms with Crippen molar-refractivity contribution in [3.05, 3.63) is 32.8 Å². The maximum absolute atomic E-state index is 4.72. The van der Waals surface area contributed by atoms with Crippen LogP contribution in [-0.2, 0) is 0 Å². The largest absolute Gasteiger partial charge is 0.309 e. The van der Waals surface area contributed by atoms with Gasteiger partial charge in [0.15, 0.2) is 14.3 Å². The fraction of sp³-hybridized carbons (Fsp3) is 0. The fourth-order valence-corrected chi connectivity index (χ4v) is 1.41. The first-order chi connectivity index (χ1) is 7.18. The van der Waals surface area contributed by atoms with Gasteiger partial charge in [0.2, 0.25) is 0 Å². The Kier molecular flexibility index (Phi) is 4.87. The first-order valence-corrected chi connectivity index (χ1v) is 4.92. The smallest absolute Gasteiger partial charge is 0.178 e. The Hall–Kier alpha value is -1.32. The van der Waals surface area contributed by atoms with Crippen molar-refractivity contribution in [2.75, 3.05) is 0 Å². The van der Waals surface area contributed by atoms with E-state index in [4.69, 9.17) is 36.7 Å². The van der Waals surface area contributed by atoms with Crippen LogP contribution in [0.1, 0.15) is 0 Å². The van der Waals surface area contributed by atoms with Crippen LogP contribution in [0.5, 0.6) is 0 Å².